The van der Waals surface area contributed by atoms with Gasteiger partial charge in [0.1, 0.15) is 12.4 Å². The van der Waals surface area contributed by atoms with Gasteiger partial charge in [-0.25, -0.2) is 0 Å². The van der Waals surface area contributed by atoms with E-state index in [1.807, 2.05) is 0 Å². The number of carbonyl (C=O) groups excluding carboxylic acids is 1. The Bertz CT molecular complexity index is 779. The molecule has 11 nitrogen and oxygen atoms in total. The molecule has 0 amide bonds. The lowest BCUT2D eigenvalue weighted by Crippen LogP contribution is -2.15. The maximum Gasteiger partial charge on any atom is 0.308 e. The van der Waals surface area contributed by atoms with Crippen molar-refractivity contribution < 1.29 is 52.2 Å². The molecule has 0 heterocycles. The van der Waals surface area contributed by atoms with Crippen LogP contribution in [-0.2, 0) is 53.8 Å². The molecule has 1 aromatic rings. The fourth-order valence-corrected chi connectivity index (χ4v) is 4.29. The third-order valence-corrected chi connectivity index (χ3v) is 6.85. The first-order valence-corrected chi connectivity index (χ1v) is 17.8. The molecule has 0 aliphatic rings. The Kier molecular flexibility index (Phi) is 32.6. The van der Waals surface area contributed by atoms with Gasteiger partial charge in [0.15, 0.2) is 0 Å². The van der Waals surface area contributed by atoms with Crippen LogP contribution in [-0.4, -0.2) is 125 Å². The van der Waals surface area contributed by atoms with Crippen molar-refractivity contribution in [3.8, 4) is 5.75 Å². The van der Waals surface area contributed by atoms with Crippen LogP contribution in [0.15, 0.2) is 24.3 Å². The van der Waals surface area contributed by atoms with Gasteiger partial charge in [-0.05, 0) is 37.5 Å². The van der Waals surface area contributed by atoms with E-state index in [2.05, 4.69) is 31.2 Å². The van der Waals surface area contributed by atoms with E-state index in [9.17, 15) is 4.79 Å². The number of rotatable bonds is 37. The molecule has 0 fully saturated rings. The fraction of sp³-hybridized carbons (Fsp3) is 0.806. The van der Waals surface area contributed by atoms with Gasteiger partial charge in [0.05, 0.1) is 119 Å². The number of benzene rings is 1. The molecule has 47 heavy (non-hydrogen) atoms. The Hall–Kier alpha value is -1.83. The summed E-state index contributed by atoms with van der Waals surface area (Å²) in [4.78, 5) is 11.2. The highest BCUT2D eigenvalue weighted by atomic mass is 16.6. The van der Waals surface area contributed by atoms with Crippen molar-refractivity contribution in [2.24, 2.45) is 0 Å². The molecule has 0 atom stereocenters. The summed E-state index contributed by atoms with van der Waals surface area (Å²) in [5, 5.41) is 0. The smallest absolute Gasteiger partial charge is 0.308 e. The van der Waals surface area contributed by atoms with Crippen LogP contribution in [0.1, 0.15) is 70.8 Å². The molecule has 0 bridgehead atoms. The topological polar surface area (TPSA) is 109 Å². The molecule has 0 saturated heterocycles. The molecule has 11 heteroatoms. The molecule has 1 rings (SSSR count). The molecular weight excluding hydrogens is 608 g/mol. The van der Waals surface area contributed by atoms with Gasteiger partial charge in [-0.3, -0.25) is 4.79 Å². The quantitative estimate of drug-likeness (QED) is 0.0666. The van der Waals surface area contributed by atoms with E-state index in [1.165, 1.54) is 50.5 Å². The molecule has 0 unspecified atom stereocenters. The van der Waals surface area contributed by atoms with Crippen molar-refractivity contribution >= 4 is 5.97 Å². The zero-order chi connectivity index (χ0) is 33.7. The van der Waals surface area contributed by atoms with Gasteiger partial charge in [-0.1, -0.05) is 57.6 Å². The number of aryl methyl sites for hydroxylation is 1. The molecule has 0 saturated carbocycles. The number of carbonyl (C=O) groups is 1. The van der Waals surface area contributed by atoms with Crippen molar-refractivity contribution in [2.45, 2.75) is 71.6 Å². The summed E-state index contributed by atoms with van der Waals surface area (Å²) in [6, 6.07) is 8.44. The largest absolute Gasteiger partial charge is 0.491 e. The van der Waals surface area contributed by atoms with Gasteiger partial charge in [0.2, 0.25) is 0 Å². The highest BCUT2D eigenvalue weighted by Gasteiger charge is 2.01. The first-order valence-electron chi connectivity index (χ1n) is 17.8. The van der Waals surface area contributed by atoms with Crippen molar-refractivity contribution in [1.82, 2.24) is 0 Å². The average molecular weight is 673 g/mol. The predicted octanol–water partition coefficient (Wildman–Crippen LogP) is 5.44. The van der Waals surface area contributed by atoms with Crippen molar-refractivity contribution in [2.75, 3.05) is 119 Å². The van der Waals surface area contributed by atoms with Crippen LogP contribution < -0.4 is 4.74 Å². The van der Waals surface area contributed by atoms with Crippen molar-refractivity contribution in [3.05, 3.63) is 29.8 Å². The minimum absolute atomic E-state index is 0.247. The Morgan fingerprint density at radius 1 is 0.468 bits per heavy atom. The first-order chi connectivity index (χ1) is 23.3. The van der Waals surface area contributed by atoms with Gasteiger partial charge in [-0.15, -0.1) is 0 Å². The molecule has 0 aromatic heterocycles. The lowest BCUT2D eigenvalue weighted by Gasteiger charge is -2.09. The lowest BCUT2D eigenvalue weighted by molar-refractivity contribution is -0.144. The maximum absolute atomic E-state index is 11.2. The summed E-state index contributed by atoms with van der Waals surface area (Å²) in [5.41, 5.74) is 1.38. The van der Waals surface area contributed by atoms with E-state index in [4.69, 9.17) is 47.4 Å². The lowest BCUT2D eigenvalue weighted by atomic mass is 10.0. The highest BCUT2D eigenvalue weighted by Crippen LogP contribution is 2.15. The Morgan fingerprint density at radius 2 is 0.851 bits per heavy atom. The summed E-state index contributed by atoms with van der Waals surface area (Å²) < 4.78 is 54.3. The highest BCUT2D eigenvalue weighted by molar-refractivity contribution is 5.69. The van der Waals surface area contributed by atoms with E-state index in [1.54, 1.807) is 6.92 Å². The van der Waals surface area contributed by atoms with Gasteiger partial charge in [0.25, 0.3) is 0 Å². The van der Waals surface area contributed by atoms with Gasteiger partial charge in [-0.2, -0.15) is 0 Å². The second-order valence-electron chi connectivity index (χ2n) is 10.8. The summed E-state index contributed by atoms with van der Waals surface area (Å²) in [7, 11) is 0. The van der Waals surface area contributed by atoms with E-state index in [0.29, 0.717) is 119 Å². The second-order valence-corrected chi connectivity index (χ2v) is 10.8. The standard InChI is InChI=1S/C36H64O11/c1-3-5-6-7-8-9-10-11-34-12-14-35(15-13-34)47-33-32-45-31-30-44-29-28-43-27-26-42-25-24-41-23-22-40-21-20-39-19-18-38-17-16-36(37)46-4-2/h12-15H,3-11,16-33H2,1-2H3. The number of hydrogen-bond acceptors (Lipinski definition) is 11. The van der Waals surface area contributed by atoms with Crippen LogP contribution in [0, 0.1) is 0 Å². The molecule has 0 radical (unpaired) electrons. The molecule has 0 aliphatic carbocycles. The van der Waals surface area contributed by atoms with Crippen LogP contribution in [0.25, 0.3) is 0 Å². The molecular formula is C36H64O11. The molecule has 274 valence electrons. The number of unbranched alkanes of at least 4 members (excludes halogenated alkanes) is 6. The van der Waals surface area contributed by atoms with Gasteiger partial charge < -0.3 is 47.4 Å². The van der Waals surface area contributed by atoms with Crippen LogP contribution >= 0.6 is 0 Å². The monoisotopic (exact) mass is 672 g/mol. The van der Waals surface area contributed by atoms with Gasteiger partial charge in [0, 0.05) is 0 Å². The SMILES string of the molecule is CCCCCCCCCc1ccc(OCCOCCOCCOCCOCCOCCOCCOCCOCCC(=O)OCC)cc1. The normalized spacial score (nSPS) is 11.3. The summed E-state index contributed by atoms with van der Waals surface area (Å²) in [6.07, 6.45) is 10.8. The number of esters is 1. The van der Waals surface area contributed by atoms with E-state index >= 15 is 0 Å². The zero-order valence-corrected chi connectivity index (χ0v) is 29.4. The van der Waals surface area contributed by atoms with E-state index in [-0.39, 0.29) is 12.4 Å². The van der Waals surface area contributed by atoms with E-state index in [0.717, 1.165) is 12.2 Å². The van der Waals surface area contributed by atoms with E-state index < -0.39 is 0 Å². The van der Waals surface area contributed by atoms with Crippen LogP contribution in [0.4, 0.5) is 0 Å². The molecule has 0 aliphatic heterocycles. The number of hydrogen-bond donors (Lipinski definition) is 0. The third-order valence-electron chi connectivity index (χ3n) is 6.85. The zero-order valence-electron chi connectivity index (χ0n) is 29.4. The minimum atomic E-state index is -0.247. The van der Waals surface area contributed by atoms with Gasteiger partial charge >= 0.3 is 5.97 Å². The van der Waals surface area contributed by atoms with Crippen LogP contribution in [0.2, 0.25) is 0 Å². The first kappa shape index (κ1) is 43.2. The Labute approximate surface area is 284 Å². The summed E-state index contributed by atoms with van der Waals surface area (Å²) in [6.45, 7) is 12.8. The Morgan fingerprint density at radius 3 is 1.28 bits per heavy atom. The Balaban J connectivity index is 1.72. The van der Waals surface area contributed by atoms with Crippen molar-refractivity contribution in [3.63, 3.8) is 0 Å². The second kappa shape index (κ2) is 35.5. The average Bonchev–Trinajstić information content (AvgIpc) is 3.08. The summed E-state index contributed by atoms with van der Waals surface area (Å²) >= 11 is 0. The molecule has 1 aromatic carbocycles. The predicted molar refractivity (Wildman–Crippen MR) is 181 cm³/mol. The molecule has 0 spiro atoms. The molecule has 0 N–H and O–H groups in total. The summed E-state index contributed by atoms with van der Waals surface area (Å²) in [5.74, 6) is 0.637. The maximum atomic E-state index is 11.2. The van der Waals surface area contributed by atoms with Crippen molar-refractivity contribution in [1.29, 1.82) is 0 Å². The van der Waals surface area contributed by atoms with Crippen LogP contribution in [0.5, 0.6) is 5.75 Å². The third kappa shape index (κ3) is 31.2. The fourth-order valence-electron chi connectivity index (χ4n) is 4.29. The number of ether oxygens (including phenoxy) is 10. The minimum Gasteiger partial charge on any atom is -0.491 e. The van der Waals surface area contributed by atoms with Crippen LogP contribution in [0.3, 0.4) is 0 Å².